The van der Waals surface area contributed by atoms with Gasteiger partial charge in [0, 0.05) is 13.2 Å². The van der Waals surface area contributed by atoms with Crippen molar-refractivity contribution >= 4 is 23.3 Å². The molecule has 1 aromatic rings. The fourth-order valence-corrected chi connectivity index (χ4v) is 2.85. The van der Waals surface area contributed by atoms with Gasteiger partial charge in [0.15, 0.2) is 0 Å². The first-order valence-corrected chi connectivity index (χ1v) is 11.9. The maximum absolute atomic E-state index is 12.6. The van der Waals surface area contributed by atoms with E-state index in [1.165, 1.54) is 0 Å². The largest absolute Gasteiger partial charge is 0.459 e. The number of nitrogens with zero attached hydrogens (tertiary/aromatic N) is 2. The summed E-state index contributed by atoms with van der Waals surface area (Å²) in [7, 11) is 0. The third-order valence-corrected chi connectivity index (χ3v) is 5.04. The SMILES string of the molecule is CC(C)CCO[C@@H](C)COC(=O)c1cc(C(=O)OC[C@H](C)OCCC(C)C)c([N+](=O)[O-])cc1[N+](=O)[O-]. The third kappa shape index (κ3) is 10.6. The van der Waals surface area contributed by atoms with E-state index in [9.17, 15) is 29.8 Å². The molecule has 0 aliphatic rings. The molecule has 1 aromatic carbocycles. The van der Waals surface area contributed by atoms with Gasteiger partial charge < -0.3 is 18.9 Å². The summed E-state index contributed by atoms with van der Waals surface area (Å²) in [6.07, 6.45) is 0.649. The highest BCUT2D eigenvalue weighted by Crippen LogP contribution is 2.30. The van der Waals surface area contributed by atoms with Gasteiger partial charge in [-0.15, -0.1) is 0 Å². The Bertz CT molecular complexity index is 847. The minimum Gasteiger partial charge on any atom is -0.459 e. The molecule has 36 heavy (non-hydrogen) atoms. The first kappa shape index (κ1) is 30.9. The molecule has 0 radical (unpaired) electrons. The Labute approximate surface area is 210 Å². The minimum atomic E-state index is -1.12. The summed E-state index contributed by atoms with van der Waals surface area (Å²) in [6.45, 7) is 12.0. The molecule has 2 atom stereocenters. The summed E-state index contributed by atoms with van der Waals surface area (Å²) in [4.78, 5) is 46.4. The number of nitro benzene ring substituents is 2. The average molecular weight is 513 g/mol. The van der Waals surface area contributed by atoms with Crippen LogP contribution in [0.15, 0.2) is 12.1 Å². The Morgan fingerprint density at radius 2 is 1.08 bits per heavy atom. The number of carbonyl (C=O) groups excluding carboxylic acids is 2. The highest BCUT2D eigenvalue weighted by molar-refractivity contribution is 6.01. The Morgan fingerprint density at radius 1 is 0.722 bits per heavy atom. The molecule has 0 amide bonds. The third-order valence-electron chi connectivity index (χ3n) is 5.04. The summed E-state index contributed by atoms with van der Waals surface area (Å²) in [6, 6.07) is 1.31. The van der Waals surface area contributed by atoms with Crippen LogP contribution in [0, 0.1) is 32.1 Å². The number of hydrogen-bond acceptors (Lipinski definition) is 10. The first-order valence-electron chi connectivity index (χ1n) is 11.9. The molecule has 1 rings (SSSR count). The maximum Gasteiger partial charge on any atom is 0.345 e. The van der Waals surface area contributed by atoms with Crippen molar-refractivity contribution in [2.24, 2.45) is 11.8 Å². The van der Waals surface area contributed by atoms with Gasteiger partial charge in [-0.05, 0) is 44.6 Å². The smallest absolute Gasteiger partial charge is 0.345 e. The zero-order valence-electron chi connectivity index (χ0n) is 21.7. The van der Waals surface area contributed by atoms with Crippen molar-refractivity contribution in [1.82, 2.24) is 0 Å². The molecule has 0 aliphatic heterocycles. The van der Waals surface area contributed by atoms with E-state index < -0.39 is 56.5 Å². The van der Waals surface area contributed by atoms with Crippen molar-refractivity contribution in [3.8, 4) is 0 Å². The van der Waals surface area contributed by atoms with E-state index >= 15 is 0 Å². The molecule has 0 spiro atoms. The number of nitro groups is 2. The molecule has 202 valence electrons. The number of hydrogen-bond donors (Lipinski definition) is 0. The average Bonchev–Trinajstić information content (AvgIpc) is 2.79. The second kappa shape index (κ2) is 15.1. The lowest BCUT2D eigenvalue weighted by Crippen LogP contribution is -2.22. The van der Waals surface area contributed by atoms with E-state index in [0.29, 0.717) is 31.1 Å². The van der Waals surface area contributed by atoms with Crippen molar-refractivity contribution in [1.29, 1.82) is 0 Å². The summed E-state index contributed by atoms with van der Waals surface area (Å²) in [5.41, 5.74) is -2.93. The van der Waals surface area contributed by atoms with Gasteiger partial charge in [-0.1, -0.05) is 27.7 Å². The van der Waals surface area contributed by atoms with Crippen LogP contribution in [-0.4, -0.2) is 60.4 Å². The van der Waals surface area contributed by atoms with Gasteiger partial charge in [-0.2, -0.15) is 0 Å². The van der Waals surface area contributed by atoms with E-state index in [1.54, 1.807) is 13.8 Å². The van der Waals surface area contributed by atoms with Crippen LogP contribution in [0.5, 0.6) is 0 Å². The Morgan fingerprint density at radius 3 is 1.39 bits per heavy atom. The van der Waals surface area contributed by atoms with Crippen molar-refractivity contribution in [2.75, 3.05) is 26.4 Å². The maximum atomic E-state index is 12.6. The summed E-state index contributed by atoms with van der Waals surface area (Å²) in [5.74, 6) is -1.38. The molecule has 0 saturated heterocycles. The predicted octanol–water partition coefficient (Wildman–Crippen LogP) is 4.72. The molecular weight excluding hydrogens is 476 g/mol. The Hall–Kier alpha value is -3.12. The molecule has 0 fully saturated rings. The molecule has 0 bridgehead atoms. The van der Waals surface area contributed by atoms with Crippen molar-refractivity contribution in [3.63, 3.8) is 0 Å². The lowest BCUT2D eigenvalue weighted by Gasteiger charge is -2.15. The van der Waals surface area contributed by atoms with Crippen molar-refractivity contribution in [3.05, 3.63) is 43.5 Å². The topological polar surface area (TPSA) is 157 Å². The monoisotopic (exact) mass is 512 g/mol. The second-order valence-corrected chi connectivity index (χ2v) is 9.33. The van der Waals surface area contributed by atoms with Crippen LogP contribution < -0.4 is 0 Å². The molecule has 0 aromatic heterocycles. The molecule has 12 heteroatoms. The molecule has 0 N–H and O–H groups in total. The summed E-state index contributed by atoms with van der Waals surface area (Å²) >= 11 is 0. The van der Waals surface area contributed by atoms with Gasteiger partial charge >= 0.3 is 11.9 Å². The molecule has 0 heterocycles. The fraction of sp³-hybridized carbons (Fsp3) is 0.667. The van der Waals surface area contributed by atoms with E-state index in [-0.39, 0.29) is 13.2 Å². The van der Waals surface area contributed by atoms with Crippen LogP contribution in [0.25, 0.3) is 0 Å². The van der Waals surface area contributed by atoms with Crippen molar-refractivity contribution < 1.29 is 38.4 Å². The summed E-state index contributed by atoms with van der Waals surface area (Å²) in [5, 5.41) is 23.0. The van der Waals surface area contributed by atoms with Gasteiger partial charge in [-0.3, -0.25) is 20.2 Å². The Kier molecular flexibility index (Phi) is 13.0. The van der Waals surface area contributed by atoms with Gasteiger partial charge in [-0.25, -0.2) is 9.59 Å². The number of benzene rings is 1. The lowest BCUT2D eigenvalue weighted by molar-refractivity contribution is -0.394. The lowest BCUT2D eigenvalue weighted by atomic mass is 10.1. The quantitative estimate of drug-likeness (QED) is 0.172. The zero-order valence-corrected chi connectivity index (χ0v) is 21.7. The minimum absolute atomic E-state index is 0.198. The Balaban J connectivity index is 3.03. The molecule has 12 nitrogen and oxygen atoms in total. The van der Waals surface area contributed by atoms with Crippen molar-refractivity contribution in [2.45, 2.75) is 66.6 Å². The van der Waals surface area contributed by atoms with Gasteiger partial charge in [0.2, 0.25) is 0 Å². The van der Waals surface area contributed by atoms with E-state index in [1.807, 2.05) is 27.7 Å². The number of ether oxygens (including phenoxy) is 4. The first-order chi connectivity index (χ1) is 16.8. The number of carbonyl (C=O) groups is 2. The van der Waals surface area contributed by atoms with Gasteiger partial charge in [0.25, 0.3) is 11.4 Å². The van der Waals surface area contributed by atoms with E-state index in [2.05, 4.69) is 0 Å². The van der Waals surface area contributed by atoms with Gasteiger partial charge in [0.05, 0.1) is 28.1 Å². The van der Waals surface area contributed by atoms with E-state index in [4.69, 9.17) is 18.9 Å². The standard InChI is InChI=1S/C24H36N2O10/c1-15(2)7-9-33-17(5)13-35-23(27)19-11-20(22(26(31)32)12-21(19)25(29)30)24(28)36-14-18(6)34-10-8-16(3)4/h11-12,15-18H,7-10,13-14H2,1-6H3/t17-,18-/m0/s1. The van der Waals surface area contributed by atoms with Crippen LogP contribution >= 0.6 is 0 Å². The summed E-state index contributed by atoms with van der Waals surface area (Å²) < 4.78 is 21.3. The van der Waals surface area contributed by atoms with Crippen LogP contribution in [0.3, 0.4) is 0 Å². The highest BCUT2D eigenvalue weighted by atomic mass is 16.6. The molecule has 0 unspecified atom stereocenters. The molecule has 0 aliphatic carbocycles. The molecule has 0 saturated carbocycles. The second-order valence-electron chi connectivity index (χ2n) is 9.33. The molecular formula is C24H36N2O10. The van der Waals surface area contributed by atoms with Crippen LogP contribution in [0.4, 0.5) is 11.4 Å². The van der Waals surface area contributed by atoms with Crippen LogP contribution in [0.2, 0.25) is 0 Å². The number of rotatable bonds is 16. The normalized spacial score (nSPS) is 12.9. The van der Waals surface area contributed by atoms with E-state index in [0.717, 1.165) is 18.9 Å². The van der Waals surface area contributed by atoms with Crippen LogP contribution in [-0.2, 0) is 18.9 Å². The zero-order chi connectivity index (χ0) is 27.4. The highest BCUT2D eigenvalue weighted by Gasteiger charge is 2.32. The predicted molar refractivity (Wildman–Crippen MR) is 130 cm³/mol. The van der Waals surface area contributed by atoms with Gasteiger partial charge in [0.1, 0.15) is 24.3 Å². The fourth-order valence-electron chi connectivity index (χ4n) is 2.85. The van der Waals surface area contributed by atoms with Crippen LogP contribution in [0.1, 0.15) is 75.1 Å². The number of esters is 2.